The smallest absolute Gasteiger partial charge is 0.317 e. The molecule has 1 aliphatic rings. The van der Waals surface area contributed by atoms with Crippen molar-refractivity contribution in [3.05, 3.63) is 29.6 Å². The summed E-state index contributed by atoms with van der Waals surface area (Å²) in [7, 11) is 0. The lowest BCUT2D eigenvalue weighted by molar-refractivity contribution is -0.138. The van der Waals surface area contributed by atoms with E-state index in [1.165, 1.54) is 0 Å². The molecule has 1 saturated heterocycles. The van der Waals surface area contributed by atoms with E-state index in [9.17, 15) is 18.0 Å². The van der Waals surface area contributed by atoms with Crippen LogP contribution in [0.15, 0.2) is 18.5 Å². The average Bonchev–Trinajstić information content (AvgIpc) is 2.45. The van der Waals surface area contributed by atoms with Gasteiger partial charge in [-0.25, -0.2) is 0 Å². The minimum absolute atomic E-state index is 0.152. The number of nitrogens with zero attached hydrogens (tertiary/aromatic N) is 1. The Hall–Kier alpha value is -1.43. The highest BCUT2D eigenvalue weighted by molar-refractivity contribution is 5.97. The number of nitrogens with one attached hydrogen (secondary N) is 1. The van der Waals surface area contributed by atoms with Crippen molar-refractivity contribution in [1.29, 1.82) is 0 Å². The summed E-state index contributed by atoms with van der Waals surface area (Å²) in [4.78, 5) is 15.6. The number of hydrogen-bond acceptors (Lipinski definition) is 3. The zero-order chi connectivity index (χ0) is 14.6. The van der Waals surface area contributed by atoms with E-state index in [-0.39, 0.29) is 12.0 Å². The van der Waals surface area contributed by atoms with Gasteiger partial charge in [0.05, 0.1) is 5.56 Å². The molecular formula is C14H17F3N2O. The molecule has 6 heteroatoms. The second-order valence-electron chi connectivity index (χ2n) is 5.07. The van der Waals surface area contributed by atoms with Crippen LogP contribution in [-0.4, -0.2) is 23.9 Å². The Bertz CT molecular complexity index is 468. The van der Waals surface area contributed by atoms with E-state index < -0.39 is 17.5 Å². The van der Waals surface area contributed by atoms with Crippen LogP contribution in [0.25, 0.3) is 0 Å². The normalized spacial score (nSPS) is 17.1. The number of ketones is 1. The average molecular weight is 286 g/mol. The summed E-state index contributed by atoms with van der Waals surface area (Å²) in [6, 6.07) is 0.859. The van der Waals surface area contributed by atoms with Crippen molar-refractivity contribution in [2.24, 2.45) is 5.92 Å². The highest BCUT2D eigenvalue weighted by Crippen LogP contribution is 2.32. The van der Waals surface area contributed by atoms with Gasteiger partial charge in [0.1, 0.15) is 0 Å². The monoisotopic (exact) mass is 286 g/mol. The number of piperidine rings is 1. The van der Waals surface area contributed by atoms with Crippen LogP contribution in [0.3, 0.4) is 0 Å². The minimum atomic E-state index is -4.51. The number of carbonyl (C=O) groups is 1. The molecule has 2 rings (SSSR count). The highest BCUT2D eigenvalue weighted by Gasteiger charge is 2.35. The Morgan fingerprint density at radius 3 is 2.70 bits per heavy atom. The second kappa shape index (κ2) is 6.35. The van der Waals surface area contributed by atoms with Gasteiger partial charge in [-0.05, 0) is 44.3 Å². The maximum absolute atomic E-state index is 12.8. The van der Waals surface area contributed by atoms with E-state index in [1.54, 1.807) is 0 Å². The SMILES string of the molecule is O=C(CCC1CCNCC1)c1cnccc1C(F)(F)F. The molecule has 0 aliphatic carbocycles. The Labute approximate surface area is 115 Å². The van der Waals surface area contributed by atoms with Crippen LogP contribution < -0.4 is 5.32 Å². The Kier molecular flexibility index (Phi) is 4.75. The van der Waals surface area contributed by atoms with Crippen LogP contribution in [0, 0.1) is 5.92 Å². The maximum atomic E-state index is 12.8. The van der Waals surface area contributed by atoms with Crippen LogP contribution in [0.1, 0.15) is 41.6 Å². The first-order valence-corrected chi connectivity index (χ1v) is 6.73. The fourth-order valence-electron chi connectivity index (χ4n) is 2.50. The largest absolute Gasteiger partial charge is 0.417 e. The molecule has 1 fully saturated rings. The van der Waals surface area contributed by atoms with E-state index in [4.69, 9.17) is 0 Å². The van der Waals surface area contributed by atoms with Gasteiger partial charge in [0.2, 0.25) is 0 Å². The lowest BCUT2D eigenvalue weighted by atomic mass is 9.91. The van der Waals surface area contributed by atoms with E-state index in [0.29, 0.717) is 12.3 Å². The van der Waals surface area contributed by atoms with Crippen molar-refractivity contribution in [2.75, 3.05) is 13.1 Å². The summed E-state index contributed by atoms with van der Waals surface area (Å²) in [5.74, 6) is -0.0461. The molecule has 3 nitrogen and oxygen atoms in total. The molecule has 1 aliphatic heterocycles. The van der Waals surface area contributed by atoms with Gasteiger partial charge in [0.25, 0.3) is 0 Å². The Morgan fingerprint density at radius 1 is 1.35 bits per heavy atom. The lowest BCUT2D eigenvalue weighted by Crippen LogP contribution is -2.28. The summed E-state index contributed by atoms with van der Waals surface area (Å²) in [5.41, 5.74) is -1.20. The fraction of sp³-hybridized carbons (Fsp3) is 0.571. The number of hydrogen-bond donors (Lipinski definition) is 1. The zero-order valence-corrected chi connectivity index (χ0v) is 11.0. The van der Waals surface area contributed by atoms with Crippen LogP contribution in [0.4, 0.5) is 13.2 Å². The van der Waals surface area contributed by atoms with Gasteiger partial charge in [0.15, 0.2) is 5.78 Å². The summed E-state index contributed by atoms with van der Waals surface area (Å²) in [5, 5.41) is 3.22. The van der Waals surface area contributed by atoms with Crippen LogP contribution in [-0.2, 0) is 6.18 Å². The maximum Gasteiger partial charge on any atom is 0.417 e. The number of rotatable bonds is 4. The fourth-order valence-corrected chi connectivity index (χ4v) is 2.50. The van der Waals surface area contributed by atoms with Crippen molar-refractivity contribution >= 4 is 5.78 Å². The molecule has 0 aromatic carbocycles. The second-order valence-corrected chi connectivity index (χ2v) is 5.07. The van der Waals surface area contributed by atoms with Crippen molar-refractivity contribution in [3.63, 3.8) is 0 Å². The topological polar surface area (TPSA) is 42.0 Å². The molecular weight excluding hydrogens is 269 g/mol. The first-order valence-electron chi connectivity index (χ1n) is 6.73. The van der Waals surface area contributed by atoms with Gasteiger partial charge >= 0.3 is 6.18 Å². The van der Waals surface area contributed by atoms with E-state index in [2.05, 4.69) is 10.3 Å². The third kappa shape index (κ3) is 3.79. The number of halogens is 3. The third-order valence-corrected chi connectivity index (χ3v) is 3.67. The molecule has 110 valence electrons. The minimum Gasteiger partial charge on any atom is -0.317 e. The van der Waals surface area contributed by atoms with Gasteiger partial charge in [-0.1, -0.05) is 0 Å². The molecule has 1 aromatic rings. The quantitative estimate of drug-likeness (QED) is 0.865. The number of carbonyl (C=O) groups excluding carboxylic acids is 1. The highest BCUT2D eigenvalue weighted by atomic mass is 19.4. The number of aromatic nitrogens is 1. The number of alkyl halides is 3. The first kappa shape index (κ1) is 15.0. The van der Waals surface area contributed by atoms with Gasteiger partial charge in [-0.3, -0.25) is 9.78 Å². The van der Waals surface area contributed by atoms with Gasteiger partial charge in [-0.2, -0.15) is 13.2 Å². The molecule has 0 bridgehead atoms. The van der Waals surface area contributed by atoms with Crippen LogP contribution in [0.2, 0.25) is 0 Å². The van der Waals surface area contributed by atoms with Gasteiger partial charge in [-0.15, -0.1) is 0 Å². The molecule has 1 N–H and O–H groups in total. The Balaban J connectivity index is 2.02. The van der Waals surface area contributed by atoms with Gasteiger partial charge in [0, 0.05) is 24.4 Å². The van der Waals surface area contributed by atoms with Crippen LogP contribution >= 0.6 is 0 Å². The summed E-state index contributed by atoms with van der Waals surface area (Å²) in [6.45, 7) is 1.83. The van der Waals surface area contributed by atoms with Crippen molar-refractivity contribution < 1.29 is 18.0 Å². The molecule has 20 heavy (non-hydrogen) atoms. The molecule has 1 aromatic heterocycles. The van der Waals surface area contributed by atoms with E-state index in [0.717, 1.165) is 44.4 Å². The van der Waals surface area contributed by atoms with Crippen molar-refractivity contribution in [1.82, 2.24) is 10.3 Å². The van der Waals surface area contributed by atoms with Crippen molar-refractivity contribution in [3.8, 4) is 0 Å². The summed E-state index contributed by atoms with van der Waals surface area (Å²) in [6.07, 6.45) is 0.327. The van der Waals surface area contributed by atoms with Crippen LogP contribution in [0.5, 0.6) is 0 Å². The Morgan fingerprint density at radius 2 is 2.05 bits per heavy atom. The third-order valence-electron chi connectivity index (χ3n) is 3.67. The number of pyridine rings is 1. The van der Waals surface area contributed by atoms with E-state index >= 15 is 0 Å². The molecule has 0 amide bonds. The number of Topliss-reactive ketones (excluding diaryl/α,β-unsaturated/α-hetero) is 1. The zero-order valence-electron chi connectivity index (χ0n) is 11.0. The van der Waals surface area contributed by atoms with Gasteiger partial charge < -0.3 is 5.32 Å². The summed E-state index contributed by atoms with van der Waals surface area (Å²) >= 11 is 0. The first-order chi connectivity index (χ1) is 9.48. The molecule has 2 heterocycles. The standard InChI is InChI=1S/C14H17F3N2O/c15-14(16,17)12-5-8-19-9-11(12)13(20)2-1-10-3-6-18-7-4-10/h5,8-10,18H,1-4,6-7H2. The molecule has 0 atom stereocenters. The molecule has 0 unspecified atom stereocenters. The molecule has 0 radical (unpaired) electrons. The predicted molar refractivity (Wildman–Crippen MR) is 68.4 cm³/mol. The van der Waals surface area contributed by atoms with E-state index in [1.807, 2.05) is 0 Å². The molecule has 0 saturated carbocycles. The van der Waals surface area contributed by atoms with Crippen molar-refractivity contribution in [2.45, 2.75) is 31.9 Å². The lowest BCUT2D eigenvalue weighted by Gasteiger charge is -2.22. The summed E-state index contributed by atoms with van der Waals surface area (Å²) < 4.78 is 38.4. The molecule has 0 spiro atoms. The predicted octanol–water partition coefficient (Wildman–Crippen LogP) is 3.06.